The molecule has 3 aromatic rings. The van der Waals surface area contributed by atoms with Gasteiger partial charge in [-0.1, -0.05) is 12.1 Å². The highest BCUT2D eigenvalue weighted by atomic mass is 16.2. The molecule has 4 rings (SSSR count). The minimum absolute atomic E-state index is 0.100. The van der Waals surface area contributed by atoms with E-state index in [1.165, 1.54) is 0 Å². The molecule has 1 saturated heterocycles. The second-order valence-corrected chi connectivity index (χ2v) is 6.43. The maximum atomic E-state index is 13.0. The molecular weight excluding hydrogens is 302 g/mol. The second-order valence-electron chi connectivity index (χ2n) is 6.43. The van der Waals surface area contributed by atoms with E-state index in [0.717, 1.165) is 48.1 Å². The van der Waals surface area contributed by atoms with Crippen molar-refractivity contribution in [2.45, 2.75) is 38.8 Å². The number of carbonyl (C=O) groups is 1. The minimum atomic E-state index is 0.100. The lowest BCUT2D eigenvalue weighted by atomic mass is 9.97. The number of rotatable bonds is 3. The molecule has 0 radical (unpaired) electrons. The van der Waals surface area contributed by atoms with E-state index in [-0.39, 0.29) is 11.9 Å². The van der Waals surface area contributed by atoms with Crippen molar-refractivity contribution in [3.8, 4) is 0 Å². The highest BCUT2D eigenvalue weighted by Gasteiger charge is 2.30. The number of aromatic amines is 1. The van der Waals surface area contributed by atoms with Gasteiger partial charge in [0, 0.05) is 6.54 Å². The smallest absolute Gasteiger partial charge is 0.243 e. The van der Waals surface area contributed by atoms with E-state index in [0.29, 0.717) is 6.54 Å². The second kappa shape index (κ2) is 6.11. The summed E-state index contributed by atoms with van der Waals surface area (Å²) in [5.41, 5.74) is 4.10. The predicted molar refractivity (Wildman–Crippen MR) is 91.4 cm³/mol. The number of aromatic nitrogens is 4. The van der Waals surface area contributed by atoms with Crippen molar-refractivity contribution >= 4 is 16.9 Å². The van der Waals surface area contributed by atoms with Crippen molar-refractivity contribution in [2.24, 2.45) is 0 Å². The molecule has 124 valence electrons. The number of imidazole rings is 1. The van der Waals surface area contributed by atoms with Gasteiger partial charge in [-0.2, -0.15) is 5.10 Å². The van der Waals surface area contributed by atoms with Crippen LogP contribution in [0.1, 0.15) is 36.6 Å². The van der Waals surface area contributed by atoms with E-state index < -0.39 is 0 Å². The Labute approximate surface area is 140 Å². The first kappa shape index (κ1) is 14.9. The average Bonchev–Trinajstić information content (AvgIpc) is 3.21. The predicted octanol–water partition coefficient (Wildman–Crippen LogP) is 2.82. The van der Waals surface area contributed by atoms with Crippen LogP contribution >= 0.6 is 0 Å². The van der Waals surface area contributed by atoms with Gasteiger partial charge in [-0.05, 0) is 43.9 Å². The molecule has 1 fully saturated rings. The largest absolute Gasteiger partial charge is 0.333 e. The molecule has 0 bridgehead atoms. The Morgan fingerprint density at radius 2 is 2.21 bits per heavy atom. The van der Waals surface area contributed by atoms with Crippen LogP contribution in [0.25, 0.3) is 11.0 Å². The topological polar surface area (TPSA) is 66.8 Å². The Balaban J connectivity index is 1.59. The number of hydrogen-bond acceptors (Lipinski definition) is 3. The van der Waals surface area contributed by atoms with Crippen LogP contribution in [0.5, 0.6) is 0 Å². The van der Waals surface area contributed by atoms with Crippen molar-refractivity contribution in [3.63, 3.8) is 0 Å². The van der Waals surface area contributed by atoms with E-state index in [2.05, 4.69) is 15.2 Å². The Morgan fingerprint density at radius 1 is 1.33 bits per heavy atom. The monoisotopic (exact) mass is 323 g/mol. The summed E-state index contributed by atoms with van der Waals surface area (Å²) in [5.74, 6) is 0.136. The fourth-order valence-electron chi connectivity index (χ4n) is 3.60. The summed E-state index contributed by atoms with van der Waals surface area (Å²) >= 11 is 0. The Morgan fingerprint density at radius 3 is 3.04 bits per heavy atom. The fraction of sp³-hybridized carbons (Fsp3) is 0.389. The molecule has 1 amide bonds. The van der Waals surface area contributed by atoms with Gasteiger partial charge in [0.2, 0.25) is 5.91 Å². The molecule has 1 aliphatic rings. The van der Waals surface area contributed by atoms with E-state index >= 15 is 0 Å². The number of amides is 1. The lowest BCUT2D eigenvalue weighted by Crippen LogP contribution is -2.40. The summed E-state index contributed by atoms with van der Waals surface area (Å²) in [6, 6.07) is 8.01. The van der Waals surface area contributed by atoms with Gasteiger partial charge >= 0.3 is 0 Å². The zero-order chi connectivity index (χ0) is 16.5. The van der Waals surface area contributed by atoms with Crippen molar-refractivity contribution in [3.05, 3.63) is 48.0 Å². The number of nitrogens with zero attached hydrogens (tertiary/aromatic N) is 4. The third-order valence-electron chi connectivity index (χ3n) is 4.86. The number of nitrogens with one attached hydrogen (secondary N) is 1. The third kappa shape index (κ3) is 2.58. The van der Waals surface area contributed by atoms with Gasteiger partial charge < -0.3 is 9.47 Å². The number of likely N-dealkylation sites (tertiary alicyclic amines) is 1. The summed E-state index contributed by atoms with van der Waals surface area (Å²) in [6.45, 7) is 3.16. The number of aryl methyl sites for hydroxylation is 1. The minimum Gasteiger partial charge on any atom is -0.333 e. The molecule has 3 heterocycles. The standard InChI is InChI=1S/C18H21N5O/c1-13-10-20-21-18(13)16-8-4-5-9-23(16)17(24)11-22-12-19-14-6-2-3-7-15(14)22/h2-3,6-7,10,12,16H,4-5,8-9,11H2,1H3,(H,20,21). The summed E-state index contributed by atoms with van der Waals surface area (Å²) < 4.78 is 1.93. The first-order chi connectivity index (χ1) is 11.7. The molecule has 1 aromatic carbocycles. The zero-order valence-electron chi connectivity index (χ0n) is 13.8. The van der Waals surface area contributed by atoms with Crippen LogP contribution in [0.2, 0.25) is 0 Å². The van der Waals surface area contributed by atoms with Crippen LogP contribution in [0.15, 0.2) is 36.8 Å². The molecule has 1 aliphatic heterocycles. The number of carbonyl (C=O) groups excluding carboxylic acids is 1. The summed E-state index contributed by atoms with van der Waals surface area (Å²) in [4.78, 5) is 19.3. The molecule has 0 spiro atoms. The molecule has 6 nitrogen and oxygen atoms in total. The highest BCUT2D eigenvalue weighted by Crippen LogP contribution is 2.31. The Hall–Kier alpha value is -2.63. The van der Waals surface area contributed by atoms with Crippen molar-refractivity contribution in [1.29, 1.82) is 0 Å². The SMILES string of the molecule is Cc1cn[nH]c1C1CCCCN1C(=O)Cn1cnc2ccccc21. The number of piperidine rings is 1. The maximum absolute atomic E-state index is 13.0. The van der Waals surface area contributed by atoms with Crippen LogP contribution in [-0.4, -0.2) is 37.1 Å². The number of hydrogen-bond donors (Lipinski definition) is 1. The average molecular weight is 323 g/mol. The van der Waals surface area contributed by atoms with Gasteiger partial charge in [-0.25, -0.2) is 4.98 Å². The van der Waals surface area contributed by atoms with Crippen LogP contribution in [0.4, 0.5) is 0 Å². The summed E-state index contributed by atoms with van der Waals surface area (Å²) in [7, 11) is 0. The first-order valence-corrected chi connectivity index (χ1v) is 8.43. The van der Waals surface area contributed by atoms with Gasteiger partial charge in [-0.15, -0.1) is 0 Å². The molecule has 6 heteroatoms. The first-order valence-electron chi connectivity index (χ1n) is 8.43. The fourth-order valence-corrected chi connectivity index (χ4v) is 3.60. The molecular formula is C18H21N5O. The Kier molecular flexibility index (Phi) is 3.80. The van der Waals surface area contributed by atoms with E-state index in [1.54, 1.807) is 6.33 Å². The molecule has 0 aliphatic carbocycles. The summed E-state index contributed by atoms with van der Waals surface area (Å²) in [6.07, 6.45) is 6.76. The quantitative estimate of drug-likeness (QED) is 0.806. The molecule has 2 aromatic heterocycles. The summed E-state index contributed by atoms with van der Waals surface area (Å²) in [5, 5.41) is 7.21. The van der Waals surface area contributed by atoms with Gasteiger partial charge in [0.15, 0.2) is 0 Å². The lowest BCUT2D eigenvalue weighted by molar-refractivity contribution is -0.135. The van der Waals surface area contributed by atoms with Gasteiger partial charge in [0.05, 0.1) is 35.3 Å². The number of H-pyrrole nitrogens is 1. The van der Waals surface area contributed by atoms with E-state index in [9.17, 15) is 4.79 Å². The maximum Gasteiger partial charge on any atom is 0.243 e. The van der Waals surface area contributed by atoms with E-state index in [4.69, 9.17) is 0 Å². The van der Waals surface area contributed by atoms with Crippen LogP contribution in [0.3, 0.4) is 0 Å². The van der Waals surface area contributed by atoms with Gasteiger partial charge in [0.25, 0.3) is 0 Å². The van der Waals surface area contributed by atoms with Gasteiger partial charge in [-0.3, -0.25) is 9.89 Å². The molecule has 1 N–H and O–H groups in total. The number of benzene rings is 1. The van der Waals surface area contributed by atoms with E-state index in [1.807, 2.05) is 46.9 Å². The normalized spacial score (nSPS) is 18.2. The van der Waals surface area contributed by atoms with Crippen molar-refractivity contribution < 1.29 is 4.79 Å². The number of para-hydroxylation sites is 2. The number of fused-ring (bicyclic) bond motifs is 1. The lowest BCUT2D eigenvalue weighted by Gasteiger charge is -2.35. The Bertz CT molecular complexity index is 865. The van der Waals surface area contributed by atoms with Crippen LogP contribution in [-0.2, 0) is 11.3 Å². The molecule has 1 unspecified atom stereocenters. The zero-order valence-corrected chi connectivity index (χ0v) is 13.8. The third-order valence-corrected chi connectivity index (χ3v) is 4.86. The highest BCUT2D eigenvalue weighted by molar-refractivity contribution is 5.81. The molecule has 0 saturated carbocycles. The van der Waals surface area contributed by atoms with Crippen LogP contribution in [0, 0.1) is 6.92 Å². The molecule has 1 atom stereocenters. The van der Waals surface area contributed by atoms with Gasteiger partial charge in [0.1, 0.15) is 6.54 Å². The van der Waals surface area contributed by atoms with Crippen molar-refractivity contribution in [2.75, 3.05) is 6.54 Å². The van der Waals surface area contributed by atoms with Crippen molar-refractivity contribution in [1.82, 2.24) is 24.6 Å². The van der Waals surface area contributed by atoms with Crippen LogP contribution < -0.4 is 0 Å². The molecule has 24 heavy (non-hydrogen) atoms.